The molecule has 0 saturated carbocycles. The van der Waals surface area contributed by atoms with E-state index in [1.54, 1.807) is 7.11 Å². The van der Waals surface area contributed by atoms with E-state index in [0.29, 0.717) is 13.1 Å². The van der Waals surface area contributed by atoms with Gasteiger partial charge in [0.1, 0.15) is 24.2 Å². The Morgan fingerprint density at radius 3 is 2.31 bits per heavy atom. The van der Waals surface area contributed by atoms with E-state index in [2.05, 4.69) is 15.1 Å². The number of β-amino-alcohol motifs (C(OH)–C–C–N with tert-alkyl or cyclic N) is 1. The number of methoxy groups -OCH3 is 1. The predicted molar refractivity (Wildman–Crippen MR) is 112 cm³/mol. The van der Waals surface area contributed by atoms with Crippen LogP contribution in [-0.2, 0) is 4.79 Å². The van der Waals surface area contributed by atoms with Crippen LogP contribution in [0, 0.1) is 0 Å². The van der Waals surface area contributed by atoms with Crippen LogP contribution in [0.3, 0.4) is 0 Å². The summed E-state index contributed by atoms with van der Waals surface area (Å²) in [6.45, 7) is 4.42. The first-order valence-electron chi connectivity index (χ1n) is 9.87. The topological polar surface area (TPSA) is 74.3 Å². The number of rotatable bonds is 9. The van der Waals surface area contributed by atoms with Gasteiger partial charge in [-0.2, -0.15) is 0 Å². The van der Waals surface area contributed by atoms with E-state index in [1.807, 2.05) is 54.6 Å². The number of nitrogens with one attached hydrogen (secondary N) is 1. The van der Waals surface area contributed by atoms with E-state index >= 15 is 0 Å². The summed E-state index contributed by atoms with van der Waals surface area (Å²) in [7, 11) is 1.61. The largest absolute Gasteiger partial charge is 0.497 e. The highest BCUT2D eigenvalue weighted by atomic mass is 16.5. The zero-order valence-corrected chi connectivity index (χ0v) is 16.8. The summed E-state index contributed by atoms with van der Waals surface area (Å²) >= 11 is 0. The maximum atomic E-state index is 12.3. The lowest BCUT2D eigenvalue weighted by Crippen LogP contribution is -2.50. The molecule has 0 bridgehead atoms. The maximum Gasteiger partial charge on any atom is 0.238 e. The van der Waals surface area contributed by atoms with Gasteiger partial charge in [0.25, 0.3) is 0 Å². The average molecular weight is 399 g/mol. The quantitative estimate of drug-likeness (QED) is 0.669. The van der Waals surface area contributed by atoms with Crippen LogP contribution in [0.25, 0.3) is 0 Å². The van der Waals surface area contributed by atoms with Crippen molar-refractivity contribution in [2.75, 3.05) is 58.3 Å². The van der Waals surface area contributed by atoms with Gasteiger partial charge in [-0.3, -0.25) is 14.6 Å². The van der Waals surface area contributed by atoms with Crippen LogP contribution in [0.15, 0.2) is 54.6 Å². The summed E-state index contributed by atoms with van der Waals surface area (Å²) in [5, 5.41) is 13.1. The number of aliphatic hydroxyl groups excluding tert-OH is 1. The second-order valence-electron chi connectivity index (χ2n) is 7.13. The van der Waals surface area contributed by atoms with E-state index in [0.717, 1.165) is 43.4 Å². The number of para-hydroxylation sites is 1. The molecule has 7 heteroatoms. The number of carbonyl (C=O) groups excluding carboxylic acids is 1. The Kier molecular flexibility index (Phi) is 7.86. The van der Waals surface area contributed by atoms with Crippen LogP contribution < -0.4 is 14.8 Å². The summed E-state index contributed by atoms with van der Waals surface area (Å²) in [6.07, 6.45) is -0.542. The summed E-state index contributed by atoms with van der Waals surface area (Å²) in [5.41, 5.74) is 0.760. The molecule has 0 spiro atoms. The molecule has 1 atom stereocenters. The summed E-state index contributed by atoms with van der Waals surface area (Å²) in [4.78, 5) is 16.6. The Morgan fingerprint density at radius 1 is 1.00 bits per heavy atom. The van der Waals surface area contributed by atoms with Crippen LogP contribution in [0.1, 0.15) is 0 Å². The molecule has 1 fully saturated rings. The molecule has 2 aromatic carbocycles. The number of hydrogen-bond donors (Lipinski definition) is 2. The Hall–Kier alpha value is -2.61. The third-order valence-electron chi connectivity index (χ3n) is 4.86. The fourth-order valence-electron chi connectivity index (χ4n) is 3.27. The molecule has 156 valence electrons. The third-order valence-corrected chi connectivity index (χ3v) is 4.86. The molecule has 2 N–H and O–H groups in total. The highest BCUT2D eigenvalue weighted by Gasteiger charge is 2.21. The van der Waals surface area contributed by atoms with Crippen LogP contribution >= 0.6 is 0 Å². The number of ether oxygens (including phenoxy) is 2. The van der Waals surface area contributed by atoms with Gasteiger partial charge in [-0.15, -0.1) is 0 Å². The van der Waals surface area contributed by atoms with Gasteiger partial charge in [-0.25, -0.2) is 0 Å². The first-order chi connectivity index (χ1) is 14.1. The Labute approximate surface area is 171 Å². The number of carbonyl (C=O) groups is 1. The first kappa shape index (κ1) is 21.1. The molecule has 0 aromatic heterocycles. The molecule has 1 amide bonds. The highest BCUT2D eigenvalue weighted by Crippen LogP contribution is 2.15. The van der Waals surface area contributed by atoms with Gasteiger partial charge in [-0.1, -0.05) is 18.2 Å². The zero-order valence-electron chi connectivity index (χ0n) is 16.8. The summed E-state index contributed by atoms with van der Waals surface area (Å²) in [5.74, 6) is 1.50. The minimum atomic E-state index is -0.542. The lowest BCUT2D eigenvalue weighted by molar-refractivity contribution is -0.117. The minimum Gasteiger partial charge on any atom is -0.497 e. The highest BCUT2D eigenvalue weighted by molar-refractivity contribution is 5.92. The lowest BCUT2D eigenvalue weighted by Gasteiger charge is -2.35. The van der Waals surface area contributed by atoms with E-state index in [9.17, 15) is 9.90 Å². The van der Waals surface area contributed by atoms with E-state index in [4.69, 9.17) is 9.47 Å². The monoisotopic (exact) mass is 399 g/mol. The molecule has 29 heavy (non-hydrogen) atoms. The van der Waals surface area contributed by atoms with Crippen molar-refractivity contribution >= 4 is 11.6 Å². The van der Waals surface area contributed by atoms with Crippen molar-refractivity contribution < 1.29 is 19.4 Å². The number of nitrogens with zero attached hydrogens (tertiary/aromatic N) is 2. The molecule has 1 heterocycles. The number of hydrogen-bond acceptors (Lipinski definition) is 6. The van der Waals surface area contributed by atoms with Crippen molar-refractivity contribution in [1.82, 2.24) is 9.80 Å². The molecule has 2 aromatic rings. The molecule has 0 unspecified atom stereocenters. The zero-order chi connectivity index (χ0) is 20.5. The second kappa shape index (κ2) is 10.8. The van der Waals surface area contributed by atoms with Gasteiger partial charge in [0.2, 0.25) is 5.91 Å². The second-order valence-corrected chi connectivity index (χ2v) is 7.13. The molecule has 3 rings (SSSR count). The molecule has 7 nitrogen and oxygen atoms in total. The van der Waals surface area contributed by atoms with E-state index in [1.165, 1.54) is 0 Å². The van der Waals surface area contributed by atoms with Crippen LogP contribution in [0.5, 0.6) is 11.5 Å². The van der Waals surface area contributed by atoms with Crippen LogP contribution in [0.2, 0.25) is 0 Å². The molecule has 1 aliphatic heterocycles. The van der Waals surface area contributed by atoms with Crippen molar-refractivity contribution in [3.8, 4) is 11.5 Å². The molecule has 1 aliphatic rings. The van der Waals surface area contributed by atoms with Gasteiger partial charge in [0.05, 0.1) is 13.7 Å². The number of anilines is 1. The minimum absolute atomic E-state index is 0.0279. The van der Waals surface area contributed by atoms with E-state index < -0.39 is 6.10 Å². The van der Waals surface area contributed by atoms with Crippen molar-refractivity contribution in [3.05, 3.63) is 54.6 Å². The van der Waals surface area contributed by atoms with Gasteiger partial charge < -0.3 is 19.9 Å². The number of piperazine rings is 1. The molecular weight excluding hydrogens is 370 g/mol. The van der Waals surface area contributed by atoms with Crippen LogP contribution in [0.4, 0.5) is 5.69 Å². The smallest absolute Gasteiger partial charge is 0.238 e. The SMILES string of the molecule is COc1ccc(NC(=O)CN2CCN(C[C@@H](O)COc3ccccc3)CC2)cc1. The van der Waals surface area contributed by atoms with Crippen molar-refractivity contribution in [1.29, 1.82) is 0 Å². The maximum absolute atomic E-state index is 12.3. The number of amides is 1. The standard InChI is InChI=1S/C22H29N3O4/c1-28-20-9-7-18(8-10-20)23-22(27)16-25-13-11-24(12-14-25)15-19(26)17-29-21-5-3-2-4-6-21/h2-10,19,26H,11-17H2,1H3,(H,23,27)/t19-/m1/s1. The van der Waals surface area contributed by atoms with Gasteiger partial charge in [-0.05, 0) is 36.4 Å². The third kappa shape index (κ3) is 7.05. The summed E-state index contributed by atoms with van der Waals surface area (Å²) in [6, 6.07) is 16.8. The fraction of sp³-hybridized carbons (Fsp3) is 0.409. The predicted octanol–water partition coefficient (Wildman–Crippen LogP) is 1.69. The molecule has 1 saturated heterocycles. The number of aliphatic hydroxyl groups is 1. The Morgan fingerprint density at radius 2 is 1.66 bits per heavy atom. The summed E-state index contributed by atoms with van der Waals surface area (Å²) < 4.78 is 10.7. The Bertz CT molecular complexity index is 746. The van der Waals surface area contributed by atoms with Gasteiger partial charge in [0.15, 0.2) is 0 Å². The van der Waals surface area contributed by atoms with Crippen LogP contribution in [-0.4, -0.2) is 79.9 Å². The lowest BCUT2D eigenvalue weighted by atomic mass is 10.2. The fourth-order valence-corrected chi connectivity index (χ4v) is 3.27. The van der Waals surface area contributed by atoms with Crippen molar-refractivity contribution in [2.45, 2.75) is 6.10 Å². The first-order valence-corrected chi connectivity index (χ1v) is 9.87. The molecular formula is C22H29N3O4. The average Bonchev–Trinajstić information content (AvgIpc) is 2.75. The van der Waals surface area contributed by atoms with Gasteiger partial charge >= 0.3 is 0 Å². The van der Waals surface area contributed by atoms with Crippen molar-refractivity contribution in [3.63, 3.8) is 0 Å². The molecule has 0 aliphatic carbocycles. The molecule has 0 radical (unpaired) electrons. The Balaban J connectivity index is 1.33. The van der Waals surface area contributed by atoms with Gasteiger partial charge in [0, 0.05) is 38.4 Å². The number of benzene rings is 2. The van der Waals surface area contributed by atoms with Crippen molar-refractivity contribution in [2.24, 2.45) is 0 Å². The van der Waals surface area contributed by atoms with E-state index in [-0.39, 0.29) is 12.5 Å². The normalized spacial score (nSPS) is 16.2.